The Morgan fingerprint density at radius 1 is 0.561 bits per heavy atom. The molecule has 0 bridgehead atoms. The number of benzene rings is 7. The number of hydrogen-bond acceptors (Lipinski definition) is 4. The molecule has 2 heterocycles. The van der Waals surface area contributed by atoms with Crippen molar-refractivity contribution in [2.24, 2.45) is 0 Å². The zero-order chi connectivity index (χ0) is 38.9. The Kier molecular flexibility index (Phi) is 9.19. The molecule has 2 aromatic heterocycles. The number of imidazole rings is 1. The molecular weight excluding hydrogens is 697 g/mol. The first kappa shape index (κ1) is 35.5. The number of hydrogen-bond donors (Lipinski definition) is 1. The Morgan fingerprint density at radius 3 is 2.00 bits per heavy atom. The van der Waals surface area contributed by atoms with E-state index in [9.17, 15) is 5.11 Å². The molecule has 7 aromatic carbocycles. The van der Waals surface area contributed by atoms with Crippen molar-refractivity contribution in [3.8, 4) is 56.5 Å². The van der Waals surface area contributed by atoms with Crippen LogP contribution in [0.4, 0.5) is 17.2 Å². The quantitative estimate of drug-likeness (QED) is 0.169. The fraction of sp³-hybridized carbons (Fsp3) is 0.0769. The smallest absolute Gasteiger partial charge is 0.149 e. The number of anilines is 3. The summed E-state index contributed by atoms with van der Waals surface area (Å²) in [5.74, 6) is 1.63. The van der Waals surface area contributed by atoms with Gasteiger partial charge in [0.1, 0.15) is 17.4 Å². The lowest BCUT2D eigenvalue weighted by Gasteiger charge is -2.26. The number of para-hydroxylation sites is 1. The van der Waals surface area contributed by atoms with Gasteiger partial charge in [-0.25, -0.2) is 9.97 Å². The van der Waals surface area contributed by atoms with Gasteiger partial charge in [0.15, 0.2) is 0 Å². The molecule has 0 aliphatic rings. The van der Waals surface area contributed by atoms with Gasteiger partial charge in [-0.1, -0.05) is 160 Å². The minimum Gasteiger partial charge on any atom is -0.507 e. The summed E-state index contributed by atoms with van der Waals surface area (Å²) in [4.78, 5) is 12.7. The molecule has 0 aliphatic carbocycles. The summed E-state index contributed by atoms with van der Waals surface area (Å²) in [5.41, 5.74) is 10.3. The first-order valence-electron chi connectivity index (χ1n) is 19.3. The molecule has 0 saturated carbocycles. The fourth-order valence-corrected chi connectivity index (χ4v) is 7.69. The van der Waals surface area contributed by atoms with Crippen LogP contribution in [-0.4, -0.2) is 19.6 Å². The molecule has 276 valence electrons. The van der Waals surface area contributed by atoms with Gasteiger partial charge in [-0.2, -0.15) is 0 Å². The van der Waals surface area contributed by atoms with Crippen LogP contribution >= 0.6 is 0 Å². The Balaban J connectivity index is 1.35. The van der Waals surface area contributed by atoms with Crippen molar-refractivity contribution in [1.29, 1.82) is 0 Å². The van der Waals surface area contributed by atoms with Crippen LogP contribution < -0.4 is 4.90 Å². The van der Waals surface area contributed by atoms with E-state index in [1.54, 1.807) is 6.07 Å². The lowest BCUT2D eigenvalue weighted by atomic mass is 9.86. The molecule has 5 nitrogen and oxygen atoms in total. The SMILES string of the molecule is CC(C)(C)c1ccc(O)c(-c2nc(-c3cccc(N(c4ccccn4)c4cccc5ccccc45)c3)c(-c3ccccc3)n2-c2ccccc2-c2ccccc2)c1. The molecule has 0 aliphatic heterocycles. The van der Waals surface area contributed by atoms with Gasteiger partial charge in [-0.3, -0.25) is 9.47 Å². The van der Waals surface area contributed by atoms with Gasteiger partial charge < -0.3 is 5.11 Å². The molecule has 5 heteroatoms. The normalized spacial score (nSPS) is 11.5. The van der Waals surface area contributed by atoms with Crippen LogP contribution in [0, 0.1) is 0 Å². The monoisotopic (exact) mass is 738 g/mol. The minimum atomic E-state index is -0.155. The summed E-state index contributed by atoms with van der Waals surface area (Å²) in [6, 6.07) is 64.6. The van der Waals surface area contributed by atoms with Crippen molar-refractivity contribution in [3.05, 3.63) is 200 Å². The van der Waals surface area contributed by atoms with Crippen molar-refractivity contribution >= 4 is 28.0 Å². The highest BCUT2D eigenvalue weighted by Gasteiger charge is 2.27. The average Bonchev–Trinajstić information content (AvgIpc) is 3.65. The molecular formula is C52H42N4O. The molecule has 57 heavy (non-hydrogen) atoms. The van der Waals surface area contributed by atoms with E-state index in [1.807, 2.05) is 42.6 Å². The zero-order valence-electron chi connectivity index (χ0n) is 32.2. The number of phenolic OH excluding ortho intramolecular Hbond substituents is 1. The Bertz CT molecular complexity index is 2830. The highest BCUT2D eigenvalue weighted by atomic mass is 16.3. The van der Waals surface area contributed by atoms with Crippen molar-refractivity contribution in [3.63, 3.8) is 0 Å². The zero-order valence-corrected chi connectivity index (χ0v) is 32.2. The molecule has 0 spiro atoms. The largest absolute Gasteiger partial charge is 0.507 e. The maximum absolute atomic E-state index is 11.7. The van der Waals surface area contributed by atoms with Gasteiger partial charge in [-0.15, -0.1) is 0 Å². The first-order valence-corrected chi connectivity index (χ1v) is 19.3. The van der Waals surface area contributed by atoms with Crippen LogP contribution in [0.2, 0.25) is 0 Å². The highest BCUT2D eigenvalue weighted by Crippen LogP contribution is 2.45. The molecule has 0 unspecified atom stereocenters. The van der Waals surface area contributed by atoms with Crippen LogP contribution in [-0.2, 0) is 5.41 Å². The molecule has 0 amide bonds. The topological polar surface area (TPSA) is 54.2 Å². The minimum absolute atomic E-state index is 0.155. The Morgan fingerprint density at radius 2 is 1.23 bits per heavy atom. The fourth-order valence-electron chi connectivity index (χ4n) is 7.69. The van der Waals surface area contributed by atoms with Gasteiger partial charge in [0.05, 0.1) is 28.3 Å². The third-order valence-electron chi connectivity index (χ3n) is 10.5. The molecule has 0 atom stereocenters. The van der Waals surface area contributed by atoms with Crippen LogP contribution in [0.5, 0.6) is 5.75 Å². The maximum Gasteiger partial charge on any atom is 0.149 e. The Hall–Kier alpha value is -7.24. The number of aromatic nitrogens is 3. The summed E-state index contributed by atoms with van der Waals surface area (Å²) in [6.07, 6.45) is 1.83. The lowest BCUT2D eigenvalue weighted by Crippen LogP contribution is -2.12. The Labute approximate surface area is 333 Å². The summed E-state index contributed by atoms with van der Waals surface area (Å²) >= 11 is 0. The molecule has 0 radical (unpaired) electrons. The standard InChI is InChI=1S/C52H42N4O/c1-52(2,3)40-31-32-47(57)44(35-40)51-54-49(50(38-21-8-5-9-22-38)56(51)46-28-13-12-27-43(46)36-18-6-4-7-19-36)39-24-16-25-41(34-39)55(48-30-14-15-33-53-48)45-29-17-23-37-20-10-11-26-42(37)45/h4-35,57H,1-3H3. The van der Waals surface area contributed by atoms with Crippen molar-refractivity contribution in [1.82, 2.24) is 14.5 Å². The van der Waals surface area contributed by atoms with E-state index in [1.165, 1.54) is 0 Å². The second-order valence-corrected chi connectivity index (χ2v) is 15.3. The predicted molar refractivity (Wildman–Crippen MR) is 236 cm³/mol. The molecule has 9 aromatic rings. The van der Waals surface area contributed by atoms with Gasteiger partial charge in [0, 0.05) is 34.0 Å². The third-order valence-corrected chi connectivity index (χ3v) is 10.5. The van der Waals surface area contributed by atoms with Gasteiger partial charge in [0.25, 0.3) is 0 Å². The van der Waals surface area contributed by atoms with Crippen LogP contribution in [0.3, 0.4) is 0 Å². The second-order valence-electron chi connectivity index (χ2n) is 15.3. The summed E-state index contributed by atoms with van der Waals surface area (Å²) in [6.45, 7) is 6.57. The number of aromatic hydroxyl groups is 1. The maximum atomic E-state index is 11.7. The number of nitrogens with zero attached hydrogens (tertiary/aromatic N) is 4. The molecule has 0 fully saturated rings. The average molecular weight is 739 g/mol. The van der Waals surface area contributed by atoms with Crippen LogP contribution in [0.1, 0.15) is 26.3 Å². The molecule has 1 N–H and O–H groups in total. The summed E-state index contributed by atoms with van der Waals surface area (Å²) in [7, 11) is 0. The van der Waals surface area contributed by atoms with Crippen molar-refractivity contribution in [2.75, 3.05) is 4.90 Å². The molecule has 0 saturated heterocycles. The van der Waals surface area contributed by atoms with Crippen LogP contribution in [0.15, 0.2) is 194 Å². The third kappa shape index (κ3) is 6.74. The number of pyridine rings is 1. The van der Waals surface area contributed by atoms with E-state index >= 15 is 0 Å². The number of phenols is 1. The highest BCUT2D eigenvalue weighted by molar-refractivity contribution is 5.99. The van der Waals surface area contributed by atoms with Gasteiger partial charge >= 0.3 is 0 Å². The number of fused-ring (bicyclic) bond motifs is 1. The van der Waals surface area contributed by atoms with E-state index in [0.717, 1.165) is 72.9 Å². The summed E-state index contributed by atoms with van der Waals surface area (Å²) in [5, 5.41) is 14.0. The van der Waals surface area contributed by atoms with Gasteiger partial charge in [-0.05, 0) is 70.5 Å². The van der Waals surface area contributed by atoms with Crippen LogP contribution in [0.25, 0.3) is 61.5 Å². The van der Waals surface area contributed by atoms with E-state index in [0.29, 0.717) is 11.4 Å². The lowest BCUT2D eigenvalue weighted by molar-refractivity contribution is 0.475. The summed E-state index contributed by atoms with van der Waals surface area (Å²) < 4.78 is 2.24. The van der Waals surface area contributed by atoms with E-state index in [-0.39, 0.29) is 11.2 Å². The van der Waals surface area contributed by atoms with E-state index < -0.39 is 0 Å². The van der Waals surface area contributed by atoms with Gasteiger partial charge in [0.2, 0.25) is 0 Å². The van der Waals surface area contributed by atoms with Crippen molar-refractivity contribution < 1.29 is 5.11 Å². The molecule has 9 rings (SSSR count). The second kappa shape index (κ2) is 14.8. The predicted octanol–water partition coefficient (Wildman–Crippen LogP) is 13.6. The van der Waals surface area contributed by atoms with Crippen molar-refractivity contribution in [2.45, 2.75) is 26.2 Å². The van der Waals surface area contributed by atoms with E-state index in [2.05, 4.69) is 176 Å². The first-order chi connectivity index (χ1) is 27.8. The number of rotatable bonds is 8. The van der Waals surface area contributed by atoms with E-state index in [4.69, 9.17) is 9.97 Å².